The summed E-state index contributed by atoms with van der Waals surface area (Å²) in [5, 5.41) is 13.9. The second-order valence-corrected chi connectivity index (χ2v) is 8.03. The molecule has 0 aliphatic rings. The van der Waals surface area contributed by atoms with E-state index in [0.29, 0.717) is 5.92 Å². The standard InChI is InChI=1S/C23H23NO2S/c1-3-4-14(2)15-5-7-16(8-6-15)20-17(13-25)9-10-19-21(20)18-11-12-27-22(18)23(26)24-19/h5-12,14,25H,3-4,13H2,1-2H3,(H,24,26)/t14-/m1/s1. The van der Waals surface area contributed by atoms with Gasteiger partial charge in [0.2, 0.25) is 0 Å². The molecule has 2 N–H and O–H groups in total. The third-order valence-corrected chi connectivity index (χ3v) is 6.25. The summed E-state index contributed by atoms with van der Waals surface area (Å²) in [6.07, 6.45) is 2.34. The Labute approximate surface area is 162 Å². The Morgan fingerprint density at radius 1 is 1.11 bits per heavy atom. The number of aliphatic hydroxyl groups is 1. The van der Waals surface area contributed by atoms with Crippen LogP contribution in [0.25, 0.3) is 32.1 Å². The van der Waals surface area contributed by atoms with E-state index in [0.717, 1.165) is 37.7 Å². The molecule has 2 aromatic carbocycles. The maximum Gasteiger partial charge on any atom is 0.266 e. The maximum atomic E-state index is 12.3. The average molecular weight is 378 g/mol. The Morgan fingerprint density at radius 3 is 2.59 bits per heavy atom. The van der Waals surface area contributed by atoms with Gasteiger partial charge in [-0.1, -0.05) is 50.6 Å². The summed E-state index contributed by atoms with van der Waals surface area (Å²) in [4.78, 5) is 15.3. The van der Waals surface area contributed by atoms with E-state index in [4.69, 9.17) is 0 Å². The van der Waals surface area contributed by atoms with E-state index in [9.17, 15) is 9.90 Å². The Kier molecular flexibility index (Phi) is 4.85. The van der Waals surface area contributed by atoms with Crippen LogP contribution in [0.1, 0.15) is 43.7 Å². The number of thiophene rings is 1. The summed E-state index contributed by atoms with van der Waals surface area (Å²) in [5.74, 6) is 0.536. The topological polar surface area (TPSA) is 53.1 Å². The lowest BCUT2D eigenvalue weighted by Gasteiger charge is -2.15. The van der Waals surface area contributed by atoms with Crippen LogP contribution in [-0.2, 0) is 6.61 Å². The lowest BCUT2D eigenvalue weighted by Crippen LogP contribution is -2.05. The third kappa shape index (κ3) is 3.09. The zero-order valence-electron chi connectivity index (χ0n) is 15.6. The van der Waals surface area contributed by atoms with Gasteiger partial charge in [-0.05, 0) is 52.1 Å². The summed E-state index contributed by atoms with van der Waals surface area (Å²) in [7, 11) is 0. The minimum Gasteiger partial charge on any atom is -0.392 e. The van der Waals surface area contributed by atoms with Crippen LogP contribution in [0.4, 0.5) is 0 Å². The van der Waals surface area contributed by atoms with Gasteiger partial charge >= 0.3 is 0 Å². The van der Waals surface area contributed by atoms with Crippen LogP contribution >= 0.6 is 11.3 Å². The number of aromatic amines is 1. The minimum atomic E-state index is -0.0565. The van der Waals surface area contributed by atoms with Gasteiger partial charge in [0, 0.05) is 16.3 Å². The van der Waals surface area contributed by atoms with Crippen molar-refractivity contribution in [1.82, 2.24) is 4.98 Å². The van der Waals surface area contributed by atoms with Crippen LogP contribution in [0, 0.1) is 0 Å². The molecule has 4 heteroatoms. The number of aliphatic hydroxyl groups excluding tert-OH is 1. The SMILES string of the molecule is CCC[C@@H](C)c1ccc(-c2c(CO)ccc3[nH]c(=O)c4sccc4c23)cc1. The third-order valence-electron chi connectivity index (χ3n) is 5.34. The van der Waals surface area contributed by atoms with E-state index >= 15 is 0 Å². The second kappa shape index (κ2) is 7.29. The number of hydrogen-bond acceptors (Lipinski definition) is 3. The summed E-state index contributed by atoms with van der Waals surface area (Å²) >= 11 is 1.45. The fourth-order valence-electron chi connectivity index (χ4n) is 3.93. The molecule has 1 atom stereocenters. The van der Waals surface area contributed by atoms with Crippen molar-refractivity contribution in [2.45, 2.75) is 39.2 Å². The Hall–Kier alpha value is -2.43. The molecule has 4 rings (SSSR count). The number of pyridine rings is 1. The fourth-order valence-corrected chi connectivity index (χ4v) is 4.73. The molecule has 0 fully saturated rings. The monoisotopic (exact) mass is 377 g/mol. The summed E-state index contributed by atoms with van der Waals surface area (Å²) in [6.45, 7) is 4.43. The molecule has 2 heterocycles. The van der Waals surface area contributed by atoms with Crippen molar-refractivity contribution >= 4 is 32.3 Å². The van der Waals surface area contributed by atoms with Crippen LogP contribution in [0.5, 0.6) is 0 Å². The van der Waals surface area contributed by atoms with Gasteiger partial charge < -0.3 is 10.1 Å². The fraction of sp³-hybridized carbons (Fsp3) is 0.261. The van der Waals surface area contributed by atoms with Gasteiger partial charge in [-0.2, -0.15) is 0 Å². The Morgan fingerprint density at radius 2 is 1.89 bits per heavy atom. The van der Waals surface area contributed by atoms with E-state index in [1.54, 1.807) is 0 Å². The molecule has 0 aliphatic heterocycles. The van der Waals surface area contributed by atoms with Gasteiger partial charge in [-0.15, -0.1) is 11.3 Å². The first-order valence-corrected chi connectivity index (χ1v) is 10.3. The lowest BCUT2D eigenvalue weighted by atomic mass is 9.91. The van der Waals surface area contributed by atoms with Crippen molar-refractivity contribution in [2.75, 3.05) is 0 Å². The predicted molar refractivity (Wildman–Crippen MR) is 115 cm³/mol. The van der Waals surface area contributed by atoms with Gasteiger partial charge in [-0.3, -0.25) is 4.79 Å². The van der Waals surface area contributed by atoms with E-state index in [2.05, 4.69) is 43.1 Å². The highest BCUT2D eigenvalue weighted by Gasteiger charge is 2.15. The van der Waals surface area contributed by atoms with Crippen molar-refractivity contribution in [3.63, 3.8) is 0 Å². The normalized spacial score (nSPS) is 12.7. The van der Waals surface area contributed by atoms with Crippen LogP contribution in [0.2, 0.25) is 0 Å². The minimum absolute atomic E-state index is 0.0377. The highest BCUT2D eigenvalue weighted by molar-refractivity contribution is 7.17. The number of fused-ring (bicyclic) bond motifs is 3. The quantitative estimate of drug-likeness (QED) is 0.461. The van der Waals surface area contributed by atoms with Crippen molar-refractivity contribution in [3.05, 3.63) is 69.3 Å². The van der Waals surface area contributed by atoms with Gasteiger partial charge in [0.15, 0.2) is 0 Å². The van der Waals surface area contributed by atoms with Crippen LogP contribution in [-0.4, -0.2) is 10.1 Å². The van der Waals surface area contributed by atoms with Crippen molar-refractivity contribution in [2.24, 2.45) is 0 Å². The van der Waals surface area contributed by atoms with Gasteiger partial charge in [0.25, 0.3) is 5.56 Å². The Bertz CT molecular complexity index is 1150. The molecule has 0 aliphatic carbocycles. The molecule has 0 radical (unpaired) electrons. The molecule has 4 aromatic rings. The molecule has 0 unspecified atom stereocenters. The van der Waals surface area contributed by atoms with E-state index in [1.807, 2.05) is 23.6 Å². The average Bonchev–Trinajstić information content (AvgIpc) is 3.18. The van der Waals surface area contributed by atoms with Crippen LogP contribution in [0.15, 0.2) is 52.6 Å². The number of rotatable bonds is 5. The number of aromatic nitrogens is 1. The van der Waals surface area contributed by atoms with Crippen LogP contribution < -0.4 is 5.56 Å². The molecule has 0 bridgehead atoms. The van der Waals surface area contributed by atoms with E-state index in [-0.39, 0.29) is 12.2 Å². The number of benzene rings is 2. The summed E-state index contributed by atoms with van der Waals surface area (Å²) < 4.78 is 0.729. The molecule has 0 amide bonds. The first kappa shape index (κ1) is 18.0. The largest absolute Gasteiger partial charge is 0.392 e. The lowest BCUT2D eigenvalue weighted by molar-refractivity contribution is 0.282. The zero-order valence-corrected chi connectivity index (χ0v) is 16.4. The van der Waals surface area contributed by atoms with Crippen LogP contribution in [0.3, 0.4) is 0 Å². The van der Waals surface area contributed by atoms with E-state index in [1.165, 1.54) is 29.7 Å². The molecule has 0 spiro atoms. The molecule has 138 valence electrons. The van der Waals surface area contributed by atoms with Gasteiger partial charge in [0.05, 0.1) is 6.61 Å². The number of hydrogen-bond donors (Lipinski definition) is 2. The molecule has 0 saturated heterocycles. The highest BCUT2D eigenvalue weighted by atomic mass is 32.1. The molecule has 3 nitrogen and oxygen atoms in total. The predicted octanol–water partition coefficient (Wildman–Crippen LogP) is 5.81. The first-order chi connectivity index (χ1) is 13.1. The smallest absolute Gasteiger partial charge is 0.266 e. The summed E-state index contributed by atoms with van der Waals surface area (Å²) in [6, 6.07) is 14.4. The number of nitrogens with one attached hydrogen (secondary N) is 1. The Balaban J connectivity index is 1.97. The van der Waals surface area contributed by atoms with Gasteiger partial charge in [0.1, 0.15) is 4.70 Å². The zero-order chi connectivity index (χ0) is 19.0. The molecule has 2 aromatic heterocycles. The highest BCUT2D eigenvalue weighted by Crippen LogP contribution is 2.37. The molecule has 0 saturated carbocycles. The number of H-pyrrole nitrogens is 1. The molecule has 27 heavy (non-hydrogen) atoms. The molecular weight excluding hydrogens is 354 g/mol. The molecular formula is C23H23NO2S. The van der Waals surface area contributed by atoms with Crippen molar-refractivity contribution in [3.8, 4) is 11.1 Å². The van der Waals surface area contributed by atoms with Gasteiger partial charge in [-0.25, -0.2) is 0 Å². The van der Waals surface area contributed by atoms with Crippen molar-refractivity contribution < 1.29 is 5.11 Å². The maximum absolute atomic E-state index is 12.3. The summed E-state index contributed by atoms with van der Waals surface area (Å²) in [5.41, 5.74) is 5.03. The van der Waals surface area contributed by atoms with E-state index < -0.39 is 0 Å². The van der Waals surface area contributed by atoms with Crippen molar-refractivity contribution in [1.29, 1.82) is 0 Å². The first-order valence-electron chi connectivity index (χ1n) is 9.40. The second-order valence-electron chi connectivity index (χ2n) is 7.11.